The van der Waals surface area contributed by atoms with Crippen molar-refractivity contribution in [3.05, 3.63) is 0 Å². The molecule has 17 nitrogen and oxygen atoms in total. The quantitative estimate of drug-likeness (QED) is 0.0222. The summed E-state index contributed by atoms with van der Waals surface area (Å²) in [6, 6.07) is 0. The Kier molecular flexibility index (Phi) is 63.4. The molecular formula is C74H144O17P2. The number of phosphoric acid groups is 2. The summed E-state index contributed by atoms with van der Waals surface area (Å²) in [7, 11) is -9.90. The standard InChI is InChI=1S/C74H144O17P2/c1-8-9-10-38-48-55-71(76)84-61-69(90-73(78)57-51-44-37-31-25-19-17-22-28-34-41-47-54-67(6)7)63-88-92(80,81)86-59-68(75)60-87-93(82,83)89-64-70(62-85-72(77)56-49-42-35-29-23-18-16-21-27-33-40-46-53-66(4)5)91-74(79)58-50-43-36-30-24-15-13-11-12-14-20-26-32-39-45-52-65(2)3/h65-70,75H,8-64H2,1-7H3,(H,80,81)(H,82,83)/t68-,69+,70+/m0/s1. The van der Waals surface area contributed by atoms with Gasteiger partial charge in [-0.15, -0.1) is 0 Å². The van der Waals surface area contributed by atoms with E-state index in [1.165, 1.54) is 180 Å². The topological polar surface area (TPSA) is 237 Å². The molecule has 3 N–H and O–H groups in total. The van der Waals surface area contributed by atoms with Crippen molar-refractivity contribution in [1.82, 2.24) is 0 Å². The maximum Gasteiger partial charge on any atom is 0.472 e. The molecule has 0 amide bonds. The molecule has 0 saturated heterocycles. The Morgan fingerprint density at radius 1 is 0.290 bits per heavy atom. The molecule has 552 valence electrons. The van der Waals surface area contributed by atoms with Crippen LogP contribution < -0.4 is 0 Å². The summed E-state index contributed by atoms with van der Waals surface area (Å²) in [6.45, 7) is 11.8. The molecule has 0 aliphatic rings. The minimum atomic E-state index is -4.95. The fourth-order valence-electron chi connectivity index (χ4n) is 11.2. The zero-order valence-electron chi connectivity index (χ0n) is 60.7. The molecule has 0 fully saturated rings. The van der Waals surface area contributed by atoms with Gasteiger partial charge in [0, 0.05) is 25.7 Å². The van der Waals surface area contributed by atoms with Crippen molar-refractivity contribution in [3.63, 3.8) is 0 Å². The van der Waals surface area contributed by atoms with Crippen LogP contribution in [-0.4, -0.2) is 96.7 Å². The molecule has 2 unspecified atom stereocenters. The number of hydrogen-bond donors (Lipinski definition) is 3. The zero-order chi connectivity index (χ0) is 68.7. The van der Waals surface area contributed by atoms with Gasteiger partial charge in [0.05, 0.1) is 26.4 Å². The smallest absolute Gasteiger partial charge is 0.462 e. The fraction of sp³-hybridized carbons (Fsp3) is 0.946. The van der Waals surface area contributed by atoms with E-state index in [-0.39, 0.29) is 25.7 Å². The van der Waals surface area contributed by atoms with E-state index in [2.05, 4.69) is 48.5 Å². The van der Waals surface area contributed by atoms with Crippen LogP contribution in [0.1, 0.15) is 376 Å². The van der Waals surface area contributed by atoms with Crippen LogP contribution in [0.4, 0.5) is 0 Å². The number of carbonyl (C=O) groups is 4. The molecule has 0 aromatic heterocycles. The summed E-state index contributed by atoms with van der Waals surface area (Å²) < 4.78 is 68.3. The first-order valence-electron chi connectivity index (χ1n) is 38.3. The predicted molar refractivity (Wildman–Crippen MR) is 377 cm³/mol. The maximum atomic E-state index is 13.1. The summed E-state index contributed by atoms with van der Waals surface area (Å²) in [5.74, 6) is 0.231. The first kappa shape index (κ1) is 91.1. The van der Waals surface area contributed by atoms with Gasteiger partial charge in [-0.3, -0.25) is 37.3 Å². The highest BCUT2D eigenvalue weighted by Gasteiger charge is 2.30. The van der Waals surface area contributed by atoms with E-state index >= 15 is 0 Å². The van der Waals surface area contributed by atoms with Crippen molar-refractivity contribution in [3.8, 4) is 0 Å². The molecule has 0 saturated carbocycles. The van der Waals surface area contributed by atoms with Gasteiger partial charge < -0.3 is 33.8 Å². The minimum Gasteiger partial charge on any atom is -0.462 e. The van der Waals surface area contributed by atoms with Crippen molar-refractivity contribution in [2.45, 2.75) is 394 Å². The number of ether oxygens (including phenoxy) is 4. The van der Waals surface area contributed by atoms with Gasteiger partial charge in [0.25, 0.3) is 0 Å². The Labute approximate surface area is 568 Å². The lowest BCUT2D eigenvalue weighted by Crippen LogP contribution is -2.30. The van der Waals surface area contributed by atoms with Gasteiger partial charge in [-0.2, -0.15) is 0 Å². The van der Waals surface area contributed by atoms with E-state index in [1.54, 1.807) is 0 Å². The largest absolute Gasteiger partial charge is 0.472 e. The van der Waals surface area contributed by atoms with Crippen LogP contribution in [0.3, 0.4) is 0 Å². The van der Waals surface area contributed by atoms with E-state index in [0.29, 0.717) is 25.7 Å². The van der Waals surface area contributed by atoms with Crippen LogP contribution in [0.2, 0.25) is 0 Å². The van der Waals surface area contributed by atoms with Crippen LogP contribution in [0.25, 0.3) is 0 Å². The molecule has 93 heavy (non-hydrogen) atoms. The lowest BCUT2D eigenvalue weighted by molar-refractivity contribution is -0.161. The molecule has 5 atom stereocenters. The van der Waals surface area contributed by atoms with Crippen molar-refractivity contribution >= 4 is 39.5 Å². The van der Waals surface area contributed by atoms with Crippen molar-refractivity contribution in [1.29, 1.82) is 0 Å². The predicted octanol–water partition coefficient (Wildman–Crippen LogP) is 21.4. The Bertz CT molecular complexity index is 1820. The van der Waals surface area contributed by atoms with E-state index in [1.807, 2.05) is 0 Å². The van der Waals surface area contributed by atoms with Crippen molar-refractivity contribution in [2.24, 2.45) is 17.8 Å². The van der Waals surface area contributed by atoms with Gasteiger partial charge in [-0.25, -0.2) is 9.13 Å². The van der Waals surface area contributed by atoms with Crippen LogP contribution >= 0.6 is 15.6 Å². The molecule has 0 heterocycles. The Morgan fingerprint density at radius 3 is 0.731 bits per heavy atom. The van der Waals surface area contributed by atoms with Gasteiger partial charge in [0.2, 0.25) is 0 Å². The third-order valence-electron chi connectivity index (χ3n) is 17.1. The number of carbonyl (C=O) groups excluding carboxylic acids is 4. The zero-order valence-corrected chi connectivity index (χ0v) is 62.5. The van der Waals surface area contributed by atoms with Gasteiger partial charge in [-0.05, 0) is 43.4 Å². The molecule has 0 aromatic carbocycles. The Balaban J connectivity index is 5.15. The lowest BCUT2D eigenvalue weighted by Gasteiger charge is -2.21. The third-order valence-corrected chi connectivity index (χ3v) is 19.0. The van der Waals surface area contributed by atoms with Crippen molar-refractivity contribution < 1.29 is 80.2 Å². The first-order valence-corrected chi connectivity index (χ1v) is 41.3. The maximum absolute atomic E-state index is 13.1. The molecular weight excluding hydrogens is 1220 g/mol. The molecule has 0 radical (unpaired) electrons. The van der Waals surface area contributed by atoms with Crippen LogP contribution in [0.15, 0.2) is 0 Å². The van der Waals surface area contributed by atoms with Crippen LogP contribution in [0, 0.1) is 17.8 Å². The summed E-state index contributed by atoms with van der Waals surface area (Å²) in [5.41, 5.74) is 0. The summed E-state index contributed by atoms with van der Waals surface area (Å²) in [5, 5.41) is 10.6. The summed E-state index contributed by atoms with van der Waals surface area (Å²) >= 11 is 0. The number of hydrogen-bond acceptors (Lipinski definition) is 15. The SMILES string of the molecule is CCCCCCCC(=O)OC[C@H](COP(=O)(O)OC[C@H](O)COP(=O)(O)OC[C@@H](COC(=O)CCCCCCCCCCCCCCC(C)C)OC(=O)CCCCCCCCCCCCCCCCCC(C)C)OC(=O)CCCCCCCCCCCCCCC(C)C. The second kappa shape index (κ2) is 64.7. The molecule has 0 rings (SSSR count). The van der Waals surface area contributed by atoms with Gasteiger partial charge in [0.1, 0.15) is 19.3 Å². The average Bonchev–Trinajstić information content (AvgIpc) is 2.45. The van der Waals surface area contributed by atoms with E-state index in [4.69, 9.17) is 37.0 Å². The number of rotatable bonds is 72. The third kappa shape index (κ3) is 68.4. The van der Waals surface area contributed by atoms with Gasteiger partial charge >= 0.3 is 39.5 Å². The second-order valence-corrected chi connectivity index (χ2v) is 31.0. The molecule has 0 aromatic rings. The molecule has 0 aliphatic carbocycles. The second-order valence-electron chi connectivity index (χ2n) is 28.1. The molecule has 0 aliphatic heterocycles. The Morgan fingerprint density at radius 2 is 0.495 bits per heavy atom. The lowest BCUT2D eigenvalue weighted by atomic mass is 10.0. The van der Waals surface area contributed by atoms with Crippen LogP contribution in [0.5, 0.6) is 0 Å². The number of aliphatic hydroxyl groups is 1. The van der Waals surface area contributed by atoms with Crippen LogP contribution in [-0.2, 0) is 65.4 Å². The number of esters is 4. The van der Waals surface area contributed by atoms with E-state index < -0.39 is 97.5 Å². The van der Waals surface area contributed by atoms with Crippen molar-refractivity contribution in [2.75, 3.05) is 39.6 Å². The normalized spacial score (nSPS) is 14.1. The first-order chi connectivity index (χ1) is 44.7. The van der Waals surface area contributed by atoms with E-state index in [0.717, 1.165) is 114 Å². The van der Waals surface area contributed by atoms with Gasteiger partial charge in [-0.1, -0.05) is 325 Å². The number of unbranched alkanes of at least 4 members (excludes halogenated alkanes) is 40. The fourth-order valence-corrected chi connectivity index (χ4v) is 12.8. The minimum absolute atomic E-state index is 0.106. The highest BCUT2D eigenvalue weighted by Crippen LogP contribution is 2.45. The molecule has 0 spiro atoms. The summed E-state index contributed by atoms with van der Waals surface area (Å²) in [4.78, 5) is 72.5. The Hall–Kier alpha value is -1.94. The summed E-state index contributed by atoms with van der Waals surface area (Å²) in [6.07, 6.45) is 50.3. The highest BCUT2D eigenvalue weighted by atomic mass is 31.2. The van der Waals surface area contributed by atoms with E-state index in [9.17, 15) is 43.2 Å². The highest BCUT2D eigenvalue weighted by molar-refractivity contribution is 7.47. The number of phosphoric ester groups is 2. The van der Waals surface area contributed by atoms with Gasteiger partial charge in [0.15, 0.2) is 12.2 Å². The monoisotopic (exact) mass is 1370 g/mol. The molecule has 0 bridgehead atoms. The molecule has 19 heteroatoms. The number of aliphatic hydroxyl groups excluding tert-OH is 1. The average molecular weight is 1370 g/mol.